The Hall–Kier alpha value is -3.48. The predicted octanol–water partition coefficient (Wildman–Crippen LogP) is 18.8. The van der Waals surface area contributed by atoms with E-state index in [9.17, 15) is 51.9 Å². The minimum atomic E-state index is -5.01. The quantitative estimate of drug-likeness (QED) is 0.0262. The van der Waals surface area contributed by atoms with E-state index in [1.807, 2.05) is 48.5 Å². The molecule has 5 rings (SSSR count). The molecule has 0 heterocycles. The van der Waals surface area contributed by atoms with Gasteiger partial charge in [0.05, 0.1) is 63.5 Å². The molecule has 92 heavy (non-hydrogen) atoms. The lowest BCUT2D eigenvalue weighted by Gasteiger charge is -2.26. The Labute approximate surface area is 559 Å². The van der Waals surface area contributed by atoms with Crippen LogP contribution in [-0.4, -0.2) is 51.9 Å². The minimum Gasteiger partial charge on any atom is -0.748 e. The van der Waals surface area contributed by atoms with Crippen LogP contribution in [0.4, 0.5) is 0 Å². The maximum atomic E-state index is 13.4. The summed E-state index contributed by atoms with van der Waals surface area (Å²) in [6, 6.07) is 15.3. The molecular formula is C76H116O12S4-4. The molecule has 16 heteroatoms. The highest BCUT2D eigenvalue weighted by molar-refractivity contribution is 7.85. The highest BCUT2D eigenvalue weighted by atomic mass is 32.2. The summed E-state index contributed by atoms with van der Waals surface area (Å²) in [4.78, 5) is 0. The molecule has 4 aromatic rings. The fourth-order valence-corrected chi connectivity index (χ4v) is 17.0. The van der Waals surface area contributed by atoms with Crippen LogP contribution in [0.5, 0.6) is 0 Å². The summed E-state index contributed by atoms with van der Waals surface area (Å²) in [6.45, 7) is 8.81. The molecule has 1 aliphatic rings. The minimum absolute atomic E-state index is 0.0652. The van der Waals surface area contributed by atoms with Gasteiger partial charge in [-0.05, 0) is 166 Å². The maximum absolute atomic E-state index is 13.4. The smallest absolute Gasteiger partial charge is 0.0988 e. The van der Waals surface area contributed by atoms with Gasteiger partial charge in [-0.25, -0.2) is 33.7 Å². The Morgan fingerprint density at radius 3 is 0.489 bits per heavy atom. The molecule has 1 aliphatic carbocycles. The predicted molar refractivity (Wildman–Crippen MR) is 374 cm³/mol. The topological polar surface area (TPSA) is 229 Å². The van der Waals surface area contributed by atoms with E-state index in [4.69, 9.17) is 0 Å². The second-order valence-electron chi connectivity index (χ2n) is 27.4. The molecule has 0 saturated heterocycles. The van der Waals surface area contributed by atoms with Gasteiger partial charge in [0.25, 0.3) is 0 Å². The summed E-state index contributed by atoms with van der Waals surface area (Å²) in [5, 5.41) is 0. The summed E-state index contributed by atoms with van der Waals surface area (Å²) < 4.78 is 161. The number of unbranched alkanes of at least 4 members (excludes halogenated alkanes) is 32. The van der Waals surface area contributed by atoms with Crippen molar-refractivity contribution in [2.24, 2.45) is 0 Å². The first kappa shape index (κ1) is 79.2. The van der Waals surface area contributed by atoms with Crippen LogP contribution in [0.15, 0.2) is 48.5 Å². The van der Waals surface area contributed by atoms with Crippen molar-refractivity contribution in [3.8, 4) is 0 Å². The van der Waals surface area contributed by atoms with Crippen molar-refractivity contribution >= 4 is 40.5 Å². The van der Waals surface area contributed by atoms with Gasteiger partial charge in [-0.15, -0.1) is 0 Å². The first-order valence-corrected chi connectivity index (χ1v) is 42.6. The maximum Gasteiger partial charge on any atom is 0.0988 e. The SMILES string of the molecule is CCCCCCCCCCCc1cc2c(CS(=O)(=O)[O-])c(c1)Cc1cc(CCCCCCCCCCC)cc(c1CS(=O)(=O)[O-])Cc1cc(CCCCCCCCCCC)cc(c1CS(=O)(=O)[O-])Cc1cc(CCCCCCCCCCC)cc(c1CS(=O)(=O)[O-])C2. The third kappa shape index (κ3) is 32.0. The molecular weight excluding hydrogens is 1230 g/mol. The first-order chi connectivity index (χ1) is 44.0. The van der Waals surface area contributed by atoms with Gasteiger partial charge in [0, 0.05) is 0 Å². The van der Waals surface area contributed by atoms with Crippen LogP contribution in [0, 0.1) is 0 Å². The Balaban J connectivity index is 1.82. The number of hydrogen-bond donors (Lipinski definition) is 0. The molecule has 0 fully saturated rings. The van der Waals surface area contributed by atoms with E-state index < -0.39 is 63.5 Å². The fourth-order valence-electron chi connectivity index (χ4n) is 14.1. The molecule has 0 amide bonds. The van der Waals surface area contributed by atoms with Crippen LogP contribution >= 0.6 is 0 Å². The van der Waals surface area contributed by atoms with Crippen molar-refractivity contribution in [1.29, 1.82) is 0 Å². The lowest BCUT2D eigenvalue weighted by molar-refractivity contribution is 0.459. The number of hydrogen-bond acceptors (Lipinski definition) is 12. The normalized spacial score (nSPS) is 13.1. The molecule has 0 radical (unpaired) electrons. The summed E-state index contributed by atoms with van der Waals surface area (Å²) in [6.07, 6.45) is 41.5. The van der Waals surface area contributed by atoms with E-state index >= 15 is 0 Å². The van der Waals surface area contributed by atoms with Gasteiger partial charge in [0.15, 0.2) is 0 Å². The number of rotatable bonds is 48. The number of aryl methyl sites for hydroxylation is 4. The number of fused-ring (bicyclic) bond motifs is 8. The van der Waals surface area contributed by atoms with Gasteiger partial charge in [0.2, 0.25) is 0 Å². The Morgan fingerprint density at radius 1 is 0.228 bits per heavy atom. The van der Waals surface area contributed by atoms with Crippen LogP contribution in [0.25, 0.3) is 0 Å². The van der Waals surface area contributed by atoms with E-state index in [1.165, 1.54) is 103 Å². The average molecular weight is 1350 g/mol. The standard InChI is InChI=1S/C76H120O12S4/c1-5-9-13-17-21-25-29-33-37-41-61-45-65-53-67-47-62(42-38-34-30-26-22-18-14-10-6-2)49-69(74(67)58-90(80,81)82)55-71-51-64(44-40-36-32-28-24-20-16-12-8-4)52-72(76(71)60-92(86,87)88)56-70-50-63(43-39-35-31-27-23-19-15-11-7-3)48-68(75(70)59-91(83,84)85)54-66(46-61)73(65)57-89(77,78)79/h45-52H,5-44,53-60H2,1-4H3,(H,77,78,79)(H,80,81,82)(H,83,84,85)(H,86,87,88)/p-4. The second kappa shape index (κ2) is 42.3. The van der Waals surface area contributed by atoms with Gasteiger partial charge in [0.1, 0.15) is 0 Å². The molecule has 0 unspecified atom stereocenters. The van der Waals surface area contributed by atoms with Crippen molar-refractivity contribution in [3.05, 3.63) is 138 Å². The monoisotopic (exact) mass is 1350 g/mol. The largest absolute Gasteiger partial charge is 0.748 e. The van der Waals surface area contributed by atoms with Crippen LogP contribution in [0.2, 0.25) is 0 Å². The van der Waals surface area contributed by atoms with Crippen molar-refractivity contribution in [1.82, 2.24) is 0 Å². The Kier molecular flexibility index (Phi) is 36.4. The molecule has 0 spiro atoms. The van der Waals surface area contributed by atoms with Gasteiger partial charge >= 0.3 is 0 Å². The van der Waals surface area contributed by atoms with Gasteiger partial charge in [-0.1, -0.05) is 282 Å². The van der Waals surface area contributed by atoms with Crippen LogP contribution in [0.1, 0.15) is 348 Å². The first-order valence-electron chi connectivity index (χ1n) is 36.3. The van der Waals surface area contributed by atoms with Gasteiger partial charge in [-0.3, -0.25) is 0 Å². The molecule has 12 nitrogen and oxygen atoms in total. The zero-order valence-corrected chi connectivity index (χ0v) is 60.4. The zero-order chi connectivity index (χ0) is 66.8. The summed E-state index contributed by atoms with van der Waals surface area (Å²) >= 11 is 0. The van der Waals surface area contributed by atoms with E-state index in [0.717, 1.165) is 151 Å². The molecule has 0 saturated carbocycles. The van der Waals surface area contributed by atoms with Crippen LogP contribution in [-0.2, 0) is 115 Å². The molecule has 8 bridgehead atoms. The zero-order valence-electron chi connectivity index (χ0n) is 57.1. The molecule has 0 aromatic heterocycles. The lowest BCUT2D eigenvalue weighted by atomic mass is 9.82. The van der Waals surface area contributed by atoms with Crippen LogP contribution < -0.4 is 0 Å². The summed E-state index contributed by atoms with van der Waals surface area (Å²) in [5.41, 5.74) is 7.96. The van der Waals surface area contributed by atoms with Crippen LogP contribution in [0.3, 0.4) is 0 Å². The van der Waals surface area contributed by atoms with Gasteiger partial charge in [-0.2, -0.15) is 0 Å². The molecule has 520 valence electrons. The Bertz CT molecular complexity index is 2770. The van der Waals surface area contributed by atoms with Gasteiger partial charge < -0.3 is 18.2 Å². The van der Waals surface area contributed by atoms with E-state index in [1.54, 1.807) is 0 Å². The van der Waals surface area contributed by atoms with E-state index in [-0.39, 0.29) is 47.9 Å². The van der Waals surface area contributed by atoms with Crippen molar-refractivity contribution in [3.63, 3.8) is 0 Å². The number of benzene rings is 4. The van der Waals surface area contributed by atoms with E-state index in [0.29, 0.717) is 70.2 Å². The van der Waals surface area contributed by atoms with E-state index in [2.05, 4.69) is 27.7 Å². The second-order valence-corrected chi connectivity index (χ2v) is 33.0. The molecule has 0 atom stereocenters. The highest BCUT2D eigenvalue weighted by Gasteiger charge is 2.25. The third-order valence-electron chi connectivity index (χ3n) is 19.1. The average Bonchev–Trinajstić information content (AvgIpc) is 0.778. The van der Waals surface area contributed by atoms with Crippen molar-refractivity contribution in [2.45, 2.75) is 333 Å². The summed E-state index contributed by atoms with van der Waals surface area (Å²) in [7, 11) is -20.1. The molecule has 0 aliphatic heterocycles. The Morgan fingerprint density at radius 2 is 0.359 bits per heavy atom. The van der Waals surface area contributed by atoms with Crippen molar-refractivity contribution in [2.75, 3.05) is 0 Å². The summed E-state index contributed by atoms with van der Waals surface area (Å²) in [5.74, 6) is -3.68. The highest BCUT2D eigenvalue weighted by Crippen LogP contribution is 2.37. The lowest BCUT2D eigenvalue weighted by Crippen LogP contribution is -2.16. The molecule has 0 N–H and O–H groups in total. The fraction of sp³-hybridized carbons (Fsp3) is 0.684. The van der Waals surface area contributed by atoms with Crippen molar-refractivity contribution < 1.29 is 51.9 Å². The molecule has 4 aromatic carbocycles. The third-order valence-corrected chi connectivity index (χ3v) is 21.6.